The highest BCUT2D eigenvalue weighted by molar-refractivity contribution is 6.72. The van der Waals surface area contributed by atoms with E-state index in [0.717, 1.165) is 5.56 Å². The van der Waals surface area contributed by atoms with Crippen molar-refractivity contribution >= 4 is 20.0 Å². The Morgan fingerprint density at radius 1 is 1.21 bits per heavy atom. The fourth-order valence-corrected chi connectivity index (χ4v) is 2.02. The van der Waals surface area contributed by atoms with E-state index in [0.29, 0.717) is 18.7 Å². The van der Waals surface area contributed by atoms with Crippen molar-refractivity contribution in [1.82, 2.24) is 0 Å². The first-order valence-electron chi connectivity index (χ1n) is 6.38. The molecule has 0 fully saturated rings. The maximum absolute atomic E-state index is 11.8. The van der Waals surface area contributed by atoms with Gasteiger partial charge in [-0.25, -0.2) is 4.79 Å². The van der Waals surface area contributed by atoms with Gasteiger partial charge in [-0.2, -0.15) is 0 Å². The van der Waals surface area contributed by atoms with E-state index in [1.165, 1.54) is 0 Å². The van der Waals surface area contributed by atoms with Gasteiger partial charge >= 0.3 is 5.97 Å². The Morgan fingerprint density at radius 3 is 2.37 bits per heavy atom. The minimum atomic E-state index is -1.89. The molecule has 0 spiro atoms. The second kappa shape index (κ2) is 7.09. The van der Waals surface area contributed by atoms with E-state index in [1.807, 2.05) is 56.9 Å². The van der Waals surface area contributed by atoms with Gasteiger partial charge in [0.25, 0.3) is 0 Å². The fourth-order valence-electron chi connectivity index (χ4n) is 1.34. The van der Waals surface area contributed by atoms with Crippen molar-refractivity contribution in [3.8, 4) is 0 Å². The van der Waals surface area contributed by atoms with E-state index in [2.05, 4.69) is 5.16 Å². The predicted molar refractivity (Wildman–Crippen MR) is 78.4 cm³/mol. The molecule has 0 aliphatic carbocycles. The molecule has 19 heavy (non-hydrogen) atoms. The number of carbonyl (C=O) groups excluding carboxylic acids is 1. The van der Waals surface area contributed by atoms with Crippen LogP contribution in [-0.4, -0.2) is 20.0 Å². The summed E-state index contributed by atoms with van der Waals surface area (Å²) < 4.78 is 5.38. The smallest absolute Gasteiger partial charge is 0.342 e. The first-order chi connectivity index (χ1) is 8.92. The minimum Gasteiger partial charge on any atom is -0.515 e. The van der Waals surface area contributed by atoms with Crippen molar-refractivity contribution in [1.29, 1.82) is 0 Å². The summed E-state index contributed by atoms with van der Waals surface area (Å²) in [5.74, 6) is -0.366. The van der Waals surface area contributed by atoms with Crippen molar-refractivity contribution in [2.45, 2.75) is 39.6 Å². The highest BCUT2D eigenvalue weighted by Gasteiger charge is 2.23. The van der Waals surface area contributed by atoms with Crippen molar-refractivity contribution in [2.75, 3.05) is 0 Å². The Kier molecular flexibility index (Phi) is 5.76. The zero-order valence-electron chi connectivity index (χ0n) is 12.0. The van der Waals surface area contributed by atoms with Crippen molar-refractivity contribution in [3.05, 3.63) is 35.9 Å². The van der Waals surface area contributed by atoms with E-state index < -0.39 is 8.32 Å². The third-order valence-corrected chi connectivity index (χ3v) is 3.02. The number of rotatable bonds is 6. The number of oxime groups is 1. The second-order valence-electron chi connectivity index (χ2n) is 5.15. The molecule has 0 heterocycles. The number of hydrogen-bond donors (Lipinski definition) is 0. The van der Waals surface area contributed by atoms with E-state index in [4.69, 9.17) is 9.26 Å². The maximum Gasteiger partial charge on any atom is 0.342 e. The lowest BCUT2D eigenvalue weighted by molar-refractivity contribution is -0.128. The van der Waals surface area contributed by atoms with E-state index >= 15 is 0 Å². The van der Waals surface area contributed by atoms with E-state index in [1.54, 1.807) is 0 Å². The normalized spacial score (nSPS) is 12.1. The Bertz CT molecular complexity index is 438. The molecule has 0 atom stereocenters. The molecule has 0 saturated heterocycles. The summed E-state index contributed by atoms with van der Waals surface area (Å²) >= 11 is 0. The third kappa shape index (κ3) is 6.19. The van der Waals surface area contributed by atoms with E-state index in [-0.39, 0.29) is 5.97 Å². The molecule has 0 aliphatic rings. The van der Waals surface area contributed by atoms with Crippen LogP contribution < -0.4 is 0 Å². The van der Waals surface area contributed by atoms with Gasteiger partial charge in [-0.1, -0.05) is 42.4 Å². The summed E-state index contributed by atoms with van der Waals surface area (Å²) in [5.41, 5.74) is 1.35. The van der Waals surface area contributed by atoms with Gasteiger partial charge in [0.2, 0.25) is 8.32 Å². The molecule has 0 aromatic heterocycles. The molecular weight excluding hydrogens is 258 g/mol. The number of hydrogen-bond acceptors (Lipinski definition) is 4. The zero-order valence-corrected chi connectivity index (χ0v) is 13.0. The number of nitrogens with zero attached hydrogens (tertiary/aromatic N) is 1. The van der Waals surface area contributed by atoms with Crippen LogP contribution in [0.25, 0.3) is 0 Å². The van der Waals surface area contributed by atoms with Crippen LogP contribution in [0.15, 0.2) is 35.5 Å². The van der Waals surface area contributed by atoms with Crippen LogP contribution in [0.1, 0.15) is 18.9 Å². The summed E-state index contributed by atoms with van der Waals surface area (Å²) in [4.78, 5) is 17.0. The van der Waals surface area contributed by atoms with Crippen LogP contribution in [0.2, 0.25) is 19.6 Å². The lowest BCUT2D eigenvalue weighted by Gasteiger charge is -2.17. The standard InChI is InChI=1S/C14H21NO3Si/c1-5-13(14(16)18-19(2,3)4)15-17-11-12-9-7-6-8-10-12/h6-10H,5,11H2,1-4H3/b15-13+. The molecule has 1 aromatic rings. The Labute approximate surface area is 115 Å². The summed E-state index contributed by atoms with van der Waals surface area (Å²) in [6.45, 7) is 8.09. The van der Waals surface area contributed by atoms with Crippen LogP contribution >= 0.6 is 0 Å². The lowest BCUT2D eigenvalue weighted by Crippen LogP contribution is -2.33. The molecular formula is C14H21NO3Si. The Morgan fingerprint density at radius 2 is 1.84 bits per heavy atom. The van der Waals surface area contributed by atoms with Gasteiger partial charge in [-0.05, 0) is 31.6 Å². The summed E-state index contributed by atoms with van der Waals surface area (Å²) in [7, 11) is -1.89. The molecule has 0 amide bonds. The van der Waals surface area contributed by atoms with Gasteiger partial charge in [-0.3, -0.25) is 0 Å². The van der Waals surface area contributed by atoms with Crippen LogP contribution in [-0.2, 0) is 20.7 Å². The average molecular weight is 279 g/mol. The van der Waals surface area contributed by atoms with Crippen molar-refractivity contribution < 1.29 is 14.1 Å². The molecule has 1 aromatic carbocycles. The highest BCUT2D eigenvalue weighted by Crippen LogP contribution is 2.06. The molecule has 5 heteroatoms. The topological polar surface area (TPSA) is 47.9 Å². The minimum absolute atomic E-state index is 0.332. The molecule has 0 unspecified atom stereocenters. The summed E-state index contributed by atoms with van der Waals surface area (Å²) in [6, 6.07) is 9.70. The van der Waals surface area contributed by atoms with Gasteiger partial charge in [0.15, 0.2) is 5.71 Å². The lowest BCUT2D eigenvalue weighted by atomic mass is 10.2. The number of benzene rings is 1. The van der Waals surface area contributed by atoms with Crippen LogP contribution in [0.4, 0.5) is 0 Å². The zero-order chi connectivity index (χ0) is 14.3. The maximum atomic E-state index is 11.8. The molecule has 104 valence electrons. The van der Waals surface area contributed by atoms with Crippen molar-refractivity contribution in [2.24, 2.45) is 5.16 Å². The summed E-state index contributed by atoms with van der Waals surface area (Å²) in [5, 5.41) is 3.89. The molecule has 0 aliphatic heterocycles. The van der Waals surface area contributed by atoms with Crippen LogP contribution in [0, 0.1) is 0 Å². The second-order valence-corrected chi connectivity index (χ2v) is 9.58. The van der Waals surface area contributed by atoms with Gasteiger partial charge < -0.3 is 9.26 Å². The van der Waals surface area contributed by atoms with Gasteiger partial charge in [-0.15, -0.1) is 0 Å². The molecule has 0 saturated carbocycles. The molecule has 0 bridgehead atoms. The van der Waals surface area contributed by atoms with E-state index in [9.17, 15) is 4.79 Å². The quantitative estimate of drug-likeness (QED) is 0.456. The van der Waals surface area contributed by atoms with Crippen LogP contribution in [0.3, 0.4) is 0 Å². The molecule has 0 radical (unpaired) electrons. The molecule has 0 N–H and O–H groups in total. The predicted octanol–water partition coefficient (Wildman–Crippen LogP) is 3.35. The first kappa shape index (κ1) is 15.4. The third-order valence-electron chi connectivity index (χ3n) is 2.22. The Hall–Kier alpha value is -1.62. The van der Waals surface area contributed by atoms with Crippen LogP contribution in [0.5, 0.6) is 0 Å². The van der Waals surface area contributed by atoms with Crippen molar-refractivity contribution in [3.63, 3.8) is 0 Å². The molecule has 4 nitrogen and oxygen atoms in total. The Balaban J connectivity index is 2.55. The molecule has 1 rings (SSSR count). The SMILES string of the molecule is CC/C(=N\OCc1ccccc1)C(=O)O[Si](C)(C)C. The summed E-state index contributed by atoms with van der Waals surface area (Å²) in [6.07, 6.45) is 0.498. The van der Waals surface area contributed by atoms with Gasteiger partial charge in [0.1, 0.15) is 6.61 Å². The largest absolute Gasteiger partial charge is 0.515 e. The number of carbonyl (C=O) groups is 1. The van der Waals surface area contributed by atoms with Gasteiger partial charge in [0.05, 0.1) is 0 Å². The monoisotopic (exact) mass is 279 g/mol. The van der Waals surface area contributed by atoms with Gasteiger partial charge in [0, 0.05) is 0 Å². The highest BCUT2D eigenvalue weighted by atomic mass is 28.4. The first-order valence-corrected chi connectivity index (χ1v) is 9.79. The average Bonchev–Trinajstić information content (AvgIpc) is 2.33. The fraction of sp³-hybridized carbons (Fsp3) is 0.429.